The molecule has 0 atom stereocenters. The van der Waals surface area contributed by atoms with E-state index in [0.29, 0.717) is 0 Å². The zero-order valence-electron chi connectivity index (χ0n) is 16.3. The Bertz CT molecular complexity index is 820. The maximum Gasteiger partial charge on any atom is -0.0771 e. The molecule has 0 unspecified atom stereocenters. The SMILES string of the molecule is CC(C)[C](=[Ti+2])C(C)C.[C-]1=CC=CC1.c1ccc2c(c1)[cH-]c1ccccc12. The van der Waals surface area contributed by atoms with Gasteiger partial charge in [0.1, 0.15) is 0 Å². The smallest absolute Gasteiger partial charge is 0.0771 e. The average molecular weight is 376 g/mol. The van der Waals surface area contributed by atoms with Crippen molar-refractivity contribution < 1.29 is 20.0 Å². The summed E-state index contributed by atoms with van der Waals surface area (Å²) in [7, 11) is 0. The summed E-state index contributed by atoms with van der Waals surface area (Å²) in [6, 6.07) is 19.3. The van der Waals surface area contributed by atoms with Crippen LogP contribution in [0.25, 0.3) is 21.5 Å². The number of fused-ring (bicyclic) bond motifs is 3. The molecule has 0 fully saturated rings. The minimum atomic E-state index is 0.759. The van der Waals surface area contributed by atoms with E-state index in [1.54, 1.807) is 3.81 Å². The van der Waals surface area contributed by atoms with E-state index in [1.807, 2.05) is 12.2 Å². The number of hydrogen-bond donors (Lipinski definition) is 0. The van der Waals surface area contributed by atoms with E-state index in [2.05, 4.69) is 114 Å². The molecule has 0 saturated carbocycles. The predicted octanol–water partition coefficient (Wildman–Crippen LogP) is 7.04. The van der Waals surface area contributed by atoms with Crippen molar-refractivity contribution in [1.29, 1.82) is 0 Å². The average Bonchev–Trinajstić information content (AvgIpc) is 3.32. The summed E-state index contributed by atoms with van der Waals surface area (Å²) in [6.45, 7) is 8.98. The van der Waals surface area contributed by atoms with Gasteiger partial charge in [-0.25, -0.2) is 12.2 Å². The van der Waals surface area contributed by atoms with E-state index < -0.39 is 0 Å². The quantitative estimate of drug-likeness (QED) is 0.332. The Kier molecular flexibility index (Phi) is 8.36. The summed E-state index contributed by atoms with van der Waals surface area (Å²) in [6.07, 6.45) is 10.0. The van der Waals surface area contributed by atoms with Crippen LogP contribution in [0, 0.1) is 17.9 Å². The van der Waals surface area contributed by atoms with Crippen LogP contribution >= 0.6 is 0 Å². The summed E-state index contributed by atoms with van der Waals surface area (Å²) in [5, 5.41) is 5.39. The number of allylic oxidation sites excluding steroid dienone is 4. The molecule has 3 aromatic carbocycles. The van der Waals surface area contributed by atoms with Crippen molar-refractivity contribution in [3.63, 3.8) is 0 Å². The molecular formula is C25H28Ti. The van der Waals surface area contributed by atoms with Crippen LogP contribution < -0.4 is 0 Å². The molecule has 0 saturated heterocycles. The summed E-state index contributed by atoms with van der Waals surface area (Å²) in [4.78, 5) is 0. The van der Waals surface area contributed by atoms with Crippen molar-refractivity contribution in [1.82, 2.24) is 0 Å². The van der Waals surface area contributed by atoms with Crippen molar-refractivity contribution in [3.8, 4) is 0 Å². The van der Waals surface area contributed by atoms with Crippen molar-refractivity contribution in [2.75, 3.05) is 0 Å². The normalized spacial score (nSPS) is 12.3. The molecule has 0 nitrogen and oxygen atoms in total. The number of benzene rings is 2. The van der Waals surface area contributed by atoms with Gasteiger partial charge < -0.3 is 0 Å². The first-order valence-electron chi connectivity index (χ1n) is 9.34. The Morgan fingerprint density at radius 3 is 1.69 bits per heavy atom. The van der Waals surface area contributed by atoms with Crippen molar-refractivity contribution in [2.24, 2.45) is 11.8 Å². The number of hydrogen-bond acceptors (Lipinski definition) is 0. The first kappa shape index (κ1) is 20.7. The fourth-order valence-corrected chi connectivity index (χ4v) is 2.91. The molecule has 0 aliphatic heterocycles. The van der Waals surface area contributed by atoms with Gasteiger partial charge in [-0.2, -0.15) is 6.08 Å². The molecule has 1 aliphatic rings. The summed E-state index contributed by atoms with van der Waals surface area (Å²) in [5.41, 5.74) is 0. The Labute approximate surface area is 169 Å². The second-order valence-electron chi connectivity index (χ2n) is 7.09. The molecule has 0 amide bonds. The van der Waals surface area contributed by atoms with E-state index in [-0.39, 0.29) is 0 Å². The maximum atomic E-state index is 2.99. The van der Waals surface area contributed by atoms with Gasteiger partial charge in [-0.3, -0.25) is 6.08 Å². The summed E-state index contributed by atoms with van der Waals surface area (Å²) >= 11 is 2.23. The molecule has 0 bridgehead atoms. The Morgan fingerprint density at radius 2 is 1.38 bits per heavy atom. The molecule has 1 aliphatic carbocycles. The largest absolute Gasteiger partial charge is 0.273 e. The van der Waals surface area contributed by atoms with E-state index in [1.165, 1.54) is 21.5 Å². The minimum Gasteiger partial charge on any atom is -0.273 e. The molecule has 3 aromatic rings. The third-order valence-corrected chi connectivity index (χ3v) is 6.16. The van der Waals surface area contributed by atoms with Crippen LogP contribution in [0.1, 0.15) is 34.1 Å². The van der Waals surface area contributed by atoms with Crippen LogP contribution in [-0.4, -0.2) is 3.81 Å². The van der Waals surface area contributed by atoms with Crippen LogP contribution in [0.2, 0.25) is 0 Å². The van der Waals surface area contributed by atoms with E-state index >= 15 is 0 Å². The van der Waals surface area contributed by atoms with Gasteiger partial charge in [-0.15, -0.1) is 46.2 Å². The molecule has 0 radical (unpaired) electrons. The summed E-state index contributed by atoms with van der Waals surface area (Å²) in [5.74, 6) is 1.52. The molecule has 1 heteroatoms. The molecular weight excluding hydrogens is 348 g/mol. The second kappa shape index (κ2) is 10.5. The van der Waals surface area contributed by atoms with Crippen molar-refractivity contribution >= 4 is 25.4 Å². The standard InChI is InChI=1S/C13H9.C7H14.C5H5.Ti/c1-3-7-12-10(5-1)9-11-6-2-4-8-13(11)12;1-6(2)5-7(3)4;1-2-4-5-3-1;/h1-9H;6-7H,1-4H3;1-3H,4H2;/q-1;;-1;+2. The van der Waals surface area contributed by atoms with Crippen LogP contribution in [0.5, 0.6) is 0 Å². The van der Waals surface area contributed by atoms with Gasteiger partial charge in [0.05, 0.1) is 0 Å². The molecule has 0 spiro atoms. The van der Waals surface area contributed by atoms with Crippen LogP contribution in [0.4, 0.5) is 0 Å². The molecule has 4 rings (SSSR count). The Balaban J connectivity index is 0.000000160. The van der Waals surface area contributed by atoms with E-state index in [0.717, 1.165) is 18.3 Å². The van der Waals surface area contributed by atoms with E-state index in [9.17, 15) is 0 Å². The van der Waals surface area contributed by atoms with Gasteiger partial charge in [0.15, 0.2) is 0 Å². The van der Waals surface area contributed by atoms with Crippen LogP contribution in [0.3, 0.4) is 0 Å². The topological polar surface area (TPSA) is 0 Å². The maximum absolute atomic E-state index is 2.99. The fourth-order valence-electron chi connectivity index (χ4n) is 2.91. The molecule has 0 heterocycles. The first-order valence-corrected chi connectivity index (χ1v) is 10.1. The molecule has 0 aromatic heterocycles. The molecule has 132 valence electrons. The zero-order valence-corrected chi connectivity index (χ0v) is 17.9. The Hall–Kier alpha value is -1.63. The zero-order chi connectivity index (χ0) is 18.9. The van der Waals surface area contributed by atoms with Gasteiger partial charge >= 0.3 is 63.3 Å². The number of rotatable bonds is 2. The Morgan fingerprint density at radius 1 is 0.885 bits per heavy atom. The first-order chi connectivity index (χ1) is 12.5. The third kappa shape index (κ3) is 5.97. The van der Waals surface area contributed by atoms with Gasteiger partial charge in [0, 0.05) is 0 Å². The monoisotopic (exact) mass is 376 g/mol. The predicted molar refractivity (Wildman–Crippen MR) is 113 cm³/mol. The second-order valence-corrected chi connectivity index (χ2v) is 7.99. The van der Waals surface area contributed by atoms with Gasteiger partial charge in [-0.1, -0.05) is 36.4 Å². The summed E-state index contributed by atoms with van der Waals surface area (Å²) < 4.78 is 1.60. The fraction of sp³-hybridized carbons (Fsp3) is 0.280. The molecule has 26 heavy (non-hydrogen) atoms. The van der Waals surface area contributed by atoms with Crippen LogP contribution in [0.15, 0.2) is 72.8 Å². The van der Waals surface area contributed by atoms with E-state index in [4.69, 9.17) is 0 Å². The molecule has 0 N–H and O–H groups in total. The van der Waals surface area contributed by atoms with Gasteiger partial charge in [0.25, 0.3) is 0 Å². The van der Waals surface area contributed by atoms with Crippen molar-refractivity contribution in [3.05, 3.63) is 78.9 Å². The van der Waals surface area contributed by atoms with Crippen molar-refractivity contribution in [2.45, 2.75) is 34.1 Å². The van der Waals surface area contributed by atoms with Gasteiger partial charge in [0.2, 0.25) is 0 Å². The van der Waals surface area contributed by atoms with Crippen LogP contribution in [-0.2, 0) is 20.0 Å². The van der Waals surface area contributed by atoms with Gasteiger partial charge in [-0.05, 0) is 0 Å². The minimum absolute atomic E-state index is 0.759. The third-order valence-electron chi connectivity index (χ3n) is 4.35.